The van der Waals surface area contributed by atoms with Gasteiger partial charge in [0.15, 0.2) is 0 Å². The molecule has 10 heavy (non-hydrogen) atoms. The Bertz CT molecular complexity index is 137. The van der Waals surface area contributed by atoms with E-state index < -0.39 is 18.0 Å². The number of thioether (sulfide) groups is 1. The summed E-state index contributed by atoms with van der Waals surface area (Å²) in [6.07, 6.45) is -0.0134. The minimum Gasteiger partial charge on any atom is -0.481 e. The molecule has 1 heterocycles. The summed E-state index contributed by atoms with van der Waals surface area (Å²) >= 11 is 1.59. The van der Waals surface area contributed by atoms with E-state index in [1.165, 1.54) is 0 Å². The summed E-state index contributed by atoms with van der Waals surface area (Å²) in [4.78, 5) is 10.4. The minimum atomic E-state index is -0.875. The Morgan fingerprint density at radius 1 is 1.60 bits per heavy atom. The van der Waals surface area contributed by atoms with Gasteiger partial charge in [-0.15, -0.1) is 0 Å². The lowest BCUT2D eigenvalue weighted by Crippen LogP contribution is -2.33. The largest absolute Gasteiger partial charge is 0.481 e. The smallest absolute Gasteiger partial charge is 0.309 e. The molecule has 0 aromatic rings. The normalized spacial score (nSPS) is 33.7. The van der Waals surface area contributed by atoms with Crippen molar-refractivity contribution in [2.75, 3.05) is 11.5 Å². The molecule has 0 aromatic carbocycles. The number of rotatable bonds is 1. The molecule has 0 radical (unpaired) electrons. The second-order valence-corrected chi connectivity index (χ2v) is 3.53. The summed E-state index contributed by atoms with van der Waals surface area (Å²) in [6.45, 7) is 0. The zero-order valence-electron chi connectivity index (χ0n) is 5.49. The molecule has 4 heteroatoms. The Morgan fingerprint density at radius 3 is 2.70 bits per heavy atom. The van der Waals surface area contributed by atoms with Crippen molar-refractivity contribution in [2.45, 2.75) is 12.5 Å². The van der Waals surface area contributed by atoms with Crippen molar-refractivity contribution in [1.82, 2.24) is 0 Å². The number of aliphatic hydroxyl groups is 1. The molecule has 2 N–H and O–H groups in total. The third-order valence-electron chi connectivity index (χ3n) is 1.64. The fraction of sp³-hybridized carbons (Fsp3) is 0.833. The van der Waals surface area contributed by atoms with Crippen LogP contribution in [0.1, 0.15) is 6.42 Å². The maximum atomic E-state index is 10.4. The van der Waals surface area contributed by atoms with E-state index in [1.54, 1.807) is 11.8 Å². The summed E-state index contributed by atoms with van der Waals surface area (Å²) < 4.78 is 0. The highest BCUT2D eigenvalue weighted by atomic mass is 32.2. The van der Waals surface area contributed by atoms with Gasteiger partial charge in [-0.25, -0.2) is 0 Å². The van der Waals surface area contributed by atoms with E-state index in [-0.39, 0.29) is 0 Å². The van der Waals surface area contributed by atoms with Gasteiger partial charge in [-0.05, 0) is 12.2 Å². The summed E-state index contributed by atoms with van der Waals surface area (Å²) in [5, 5.41) is 17.7. The quantitative estimate of drug-likeness (QED) is 0.577. The van der Waals surface area contributed by atoms with Crippen molar-refractivity contribution in [2.24, 2.45) is 5.92 Å². The highest BCUT2D eigenvalue weighted by Gasteiger charge is 2.29. The number of hydrogen-bond acceptors (Lipinski definition) is 3. The molecule has 1 fully saturated rings. The molecule has 2 atom stereocenters. The van der Waals surface area contributed by atoms with Crippen molar-refractivity contribution in [3.05, 3.63) is 0 Å². The Balaban J connectivity index is 2.47. The molecule has 0 aromatic heterocycles. The van der Waals surface area contributed by atoms with Crippen LogP contribution in [0.25, 0.3) is 0 Å². The van der Waals surface area contributed by atoms with Crippen LogP contribution in [0.5, 0.6) is 0 Å². The SMILES string of the molecule is O=C(O)[C@@H]1CSCC[C@@H]1O. The van der Waals surface area contributed by atoms with Crippen LogP contribution in [0.15, 0.2) is 0 Å². The van der Waals surface area contributed by atoms with Crippen LogP contribution < -0.4 is 0 Å². The molecule has 0 saturated carbocycles. The highest BCUT2D eigenvalue weighted by Crippen LogP contribution is 2.22. The number of aliphatic hydroxyl groups excluding tert-OH is 1. The summed E-state index contributed by atoms with van der Waals surface area (Å²) in [7, 11) is 0. The third-order valence-corrected chi connectivity index (χ3v) is 2.76. The van der Waals surface area contributed by atoms with Gasteiger partial charge in [-0.2, -0.15) is 11.8 Å². The third kappa shape index (κ3) is 1.64. The Kier molecular flexibility index (Phi) is 2.56. The van der Waals surface area contributed by atoms with E-state index in [9.17, 15) is 4.79 Å². The topological polar surface area (TPSA) is 57.5 Å². The van der Waals surface area contributed by atoms with Crippen molar-refractivity contribution in [3.63, 3.8) is 0 Å². The number of carboxylic acids is 1. The Hall–Kier alpha value is -0.220. The maximum absolute atomic E-state index is 10.4. The van der Waals surface area contributed by atoms with Crippen LogP contribution in [-0.2, 0) is 4.79 Å². The molecule has 1 aliphatic rings. The number of hydrogen-bond donors (Lipinski definition) is 2. The molecular weight excluding hydrogens is 152 g/mol. The molecule has 0 amide bonds. The molecule has 3 nitrogen and oxygen atoms in total. The average Bonchev–Trinajstić information content (AvgIpc) is 1.88. The molecule has 0 spiro atoms. The lowest BCUT2D eigenvalue weighted by atomic mass is 10.0. The van der Waals surface area contributed by atoms with Crippen LogP contribution in [0.2, 0.25) is 0 Å². The van der Waals surface area contributed by atoms with E-state index in [1.807, 2.05) is 0 Å². The number of aliphatic carboxylic acids is 1. The molecule has 0 bridgehead atoms. The first-order chi connectivity index (χ1) is 4.72. The molecule has 0 unspecified atom stereocenters. The molecule has 1 saturated heterocycles. The van der Waals surface area contributed by atoms with E-state index in [4.69, 9.17) is 10.2 Å². The van der Waals surface area contributed by atoms with E-state index in [2.05, 4.69) is 0 Å². The molecule has 1 rings (SSSR count). The first kappa shape index (κ1) is 7.88. The number of carboxylic acid groups (broad SMARTS) is 1. The van der Waals surface area contributed by atoms with Gasteiger partial charge in [0, 0.05) is 5.75 Å². The van der Waals surface area contributed by atoms with Gasteiger partial charge < -0.3 is 10.2 Å². The molecular formula is C6H10O3S. The van der Waals surface area contributed by atoms with Crippen LogP contribution in [0.3, 0.4) is 0 Å². The van der Waals surface area contributed by atoms with Crippen molar-refractivity contribution < 1.29 is 15.0 Å². The van der Waals surface area contributed by atoms with E-state index in [0.717, 1.165) is 5.75 Å². The van der Waals surface area contributed by atoms with Crippen LogP contribution in [-0.4, -0.2) is 33.8 Å². The van der Waals surface area contributed by atoms with Crippen molar-refractivity contribution in [1.29, 1.82) is 0 Å². The summed E-state index contributed by atoms with van der Waals surface area (Å²) in [5.74, 6) is 0.0139. The molecule has 58 valence electrons. The van der Waals surface area contributed by atoms with Gasteiger partial charge >= 0.3 is 5.97 Å². The lowest BCUT2D eigenvalue weighted by Gasteiger charge is -2.23. The molecule has 1 aliphatic heterocycles. The van der Waals surface area contributed by atoms with Gasteiger partial charge in [0.1, 0.15) is 0 Å². The van der Waals surface area contributed by atoms with E-state index >= 15 is 0 Å². The fourth-order valence-electron chi connectivity index (χ4n) is 0.963. The van der Waals surface area contributed by atoms with E-state index in [0.29, 0.717) is 12.2 Å². The Labute approximate surface area is 63.4 Å². The first-order valence-electron chi connectivity index (χ1n) is 3.20. The molecule has 0 aliphatic carbocycles. The lowest BCUT2D eigenvalue weighted by molar-refractivity contribution is -0.144. The summed E-state index contributed by atoms with van der Waals surface area (Å²) in [6, 6.07) is 0. The summed E-state index contributed by atoms with van der Waals surface area (Å²) in [5.41, 5.74) is 0. The van der Waals surface area contributed by atoms with Crippen LogP contribution in [0.4, 0.5) is 0 Å². The van der Waals surface area contributed by atoms with Crippen molar-refractivity contribution >= 4 is 17.7 Å². The van der Waals surface area contributed by atoms with Gasteiger partial charge in [0.05, 0.1) is 12.0 Å². The predicted molar refractivity (Wildman–Crippen MR) is 39.1 cm³/mol. The first-order valence-corrected chi connectivity index (χ1v) is 4.36. The predicted octanol–water partition coefficient (Wildman–Crippen LogP) is 0.185. The second-order valence-electron chi connectivity index (χ2n) is 2.38. The van der Waals surface area contributed by atoms with Gasteiger partial charge in [0.2, 0.25) is 0 Å². The van der Waals surface area contributed by atoms with Crippen molar-refractivity contribution in [3.8, 4) is 0 Å². The average molecular weight is 162 g/mol. The Morgan fingerprint density at radius 2 is 2.30 bits per heavy atom. The second kappa shape index (κ2) is 3.25. The standard InChI is InChI=1S/C6H10O3S/c7-5-1-2-10-3-4(5)6(8)9/h4-5,7H,1-3H2,(H,8,9)/t4-,5+/m1/s1. The maximum Gasteiger partial charge on any atom is 0.309 e. The van der Waals surface area contributed by atoms with Gasteiger partial charge in [-0.1, -0.05) is 0 Å². The zero-order chi connectivity index (χ0) is 7.56. The monoisotopic (exact) mass is 162 g/mol. The minimum absolute atomic E-state index is 0.543. The van der Waals surface area contributed by atoms with Crippen LogP contribution >= 0.6 is 11.8 Å². The fourth-order valence-corrected chi connectivity index (χ4v) is 2.16. The highest BCUT2D eigenvalue weighted by molar-refractivity contribution is 7.99. The number of carbonyl (C=O) groups is 1. The van der Waals surface area contributed by atoms with Gasteiger partial charge in [0.25, 0.3) is 0 Å². The zero-order valence-corrected chi connectivity index (χ0v) is 6.30. The van der Waals surface area contributed by atoms with Crippen LogP contribution in [0, 0.1) is 5.92 Å². The van der Waals surface area contributed by atoms with Gasteiger partial charge in [-0.3, -0.25) is 4.79 Å².